The van der Waals surface area contributed by atoms with Crippen molar-refractivity contribution in [2.24, 2.45) is 0 Å². The summed E-state index contributed by atoms with van der Waals surface area (Å²) in [4.78, 5) is 12.4. The third-order valence-electron chi connectivity index (χ3n) is 5.49. The topological polar surface area (TPSA) is 108 Å². The molecule has 2 saturated heterocycles. The van der Waals surface area contributed by atoms with Crippen LogP contribution in [0.1, 0.15) is 39.0 Å². The van der Waals surface area contributed by atoms with Crippen LogP contribution in [0.3, 0.4) is 0 Å². The number of rotatable bonds is 7. The first-order valence-corrected chi connectivity index (χ1v) is 10.3. The molecule has 2 heterocycles. The number of hydrogen-bond donors (Lipinski definition) is 6. The summed E-state index contributed by atoms with van der Waals surface area (Å²) in [6.07, 6.45) is 4.96. The molecule has 6 unspecified atom stereocenters. The molecular weight excluding hydrogens is 348 g/mol. The molecule has 0 aromatic heterocycles. The van der Waals surface area contributed by atoms with Gasteiger partial charge >= 0.3 is 6.03 Å². The van der Waals surface area contributed by atoms with Crippen LogP contribution in [-0.2, 0) is 9.47 Å². The maximum atomic E-state index is 12.4. The summed E-state index contributed by atoms with van der Waals surface area (Å²) in [5.74, 6) is 0. The van der Waals surface area contributed by atoms with Crippen molar-refractivity contribution < 1.29 is 14.3 Å². The van der Waals surface area contributed by atoms with Crippen LogP contribution < -0.4 is 31.9 Å². The van der Waals surface area contributed by atoms with Gasteiger partial charge in [0.15, 0.2) is 0 Å². The van der Waals surface area contributed by atoms with Crippen LogP contribution in [0.4, 0.5) is 4.79 Å². The Morgan fingerprint density at radius 3 is 2.67 bits per heavy atom. The van der Waals surface area contributed by atoms with E-state index in [0.29, 0.717) is 19.3 Å². The number of hydrogen-bond acceptors (Lipinski definition) is 7. The fourth-order valence-corrected chi connectivity index (χ4v) is 4.15. The Bertz CT molecular complexity index is 468. The monoisotopic (exact) mass is 384 g/mol. The molecule has 3 aliphatic rings. The first-order valence-electron chi connectivity index (χ1n) is 10.3. The molecule has 3 rings (SSSR count). The molecule has 156 valence electrons. The highest BCUT2D eigenvalue weighted by Crippen LogP contribution is 2.26. The molecule has 3 fully saturated rings. The van der Waals surface area contributed by atoms with Crippen LogP contribution in [0.15, 0.2) is 0 Å². The molecule has 0 aromatic rings. The van der Waals surface area contributed by atoms with Crippen molar-refractivity contribution >= 4 is 6.03 Å². The van der Waals surface area contributed by atoms with Crippen molar-refractivity contribution in [3.63, 3.8) is 0 Å². The molecule has 9 heteroatoms. The van der Waals surface area contributed by atoms with Crippen LogP contribution >= 0.6 is 0 Å². The molecule has 0 spiro atoms. The fraction of sp³-hybridized carbons (Fsp3) is 0.944. The molecule has 6 atom stereocenters. The summed E-state index contributed by atoms with van der Waals surface area (Å²) in [6.45, 7) is 5.40. The van der Waals surface area contributed by atoms with Crippen LogP contribution in [-0.4, -0.2) is 76.1 Å². The number of ether oxygens (including phenoxy) is 2. The number of carbonyl (C=O) groups is 1. The summed E-state index contributed by atoms with van der Waals surface area (Å²) in [7, 11) is 1.96. The van der Waals surface area contributed by atoms with Gasteiger partial charge in [0.2, 0.25) is 0 Å². The Morgan fingerprint density at radius 1 is 1.04 bits per heavy atom. The number of urea groups is 1. The number of fused-ring (bicyclic) bond motifs is 1. The molecule has 2 aliphatic heterocycles. The lowest BCUT2D eigenvalue weighted by molar-refractivity contribution is -0.157. The van der Waals surface area contributed by atoms with Crippen molar-refractivity contribution in [3.8, 4) is 0 Å². The molecule has 9 nitrogen and oxygen atoms in total. The Hall–Kier alpha value is -0.970. The van der Waals surface area contributed by atoms with E-state index in [4.69, 9.17) is 9.47 Å². The van der Waals surface area contributed by atoms with Crippen LogP contribution in [0.5, 0.6) is 0 Å². The lowest BCUT2D eigenvalue weighted by Crippen LogP contribution is -2.68. The highest BCUT2D eigenvalue weighted by molar-refractivity contribution is 5.74. The van der Waals surface area contributed by atoms with Crippen LogP contribution in [0.2, 0.25) is 0 Å². The third-order valence-corrected chi connectivity index (χ3v) is 5.49. The van der Waals surface area contributed by atoms with E-state index in [1.165, 1.54) is 0 Å². The van der Waals surface area contributed by atoms with E-state index in [9.17, 15) is 4.79 Å². The van der Waals surface area contributed by atoms with E-state index < -0.39 is 0 Å². The Kier molecular flexibility index (Phi) is 8.10. The predicted octanol–water partition coefficient (Wildman–Crippen LogP) is -0.598. The second-order valence-corrected chi connectivity index (χ2v) is 7.81. The molecular formula is C18H36N6O3. The summed E-state index contributed by atoms with van der Waals surface area (Å²) in [5.41, 5.74) is 0. The smallest absolute Gasteiger partial charge is 0.317 e. The predicted molar refractivity (Wildman–Crippen MR) is 103 cm³/mol. The number of amides is 2. The van der Waals surface area contributed by atoms with E-state index in [1.807, 2.05) is 7.05 Å². The van der Waals surface area contributed by atoms with Gasteiger partial charge < -0.3 is 30.7 Å². The lowest BCUT2D eigenvalue weighted by Gasteiger charge is -2.40. The zero-order valence-electron chi connectivity index (χ0n) is 16.6. The molecule has 2 amide bonds. The van der Waals surface area contributed by atoms with Crippen LogP contribution in [0, 0.1) is 0 Å². The lowest BCUT2D eigenvalue weighted by atomic mass is 9.90. The summed E-state index contributed by atoms with van der Waals surface area (Å²) < 4.78 is 11.5. The van der Waals surface area contributed by atoms with Crippen LogP contribution in [0.25, 0.3) is 0 Å². The molecule has 27 heavy (non-hydrogen) atoms. The van der Waals surface area contributed by atoms with Gasteiger partial charge in [-0.05, 0) is 59.2 Å². The fourth-order valence-electron chi connectivity index (χ4n) is 4.15. The standard InChI is InChI=1S/C18H36N6O3/c1-12-10-16(20-7-3-6-19-2)23-17(21-12)24-18(25)22-13-4-5-14-15(11-13)27-9-8-26-14/h12-17,19-21,23H,3-11H2,1-2H3,(H2,22,24,25). The maximum absolute atomic E-state index is 12.4. The minimum absolute atomic E-state index is 0.106. The Morgan fingerprint density at radius 2 is 1.85 bits per heavy atom. The normalized spacial score (nSPS) is 36.7. The van der Waals surface area contributed by atoms with Gasteiger partial charge in [0, 0.05) is 12.1 Å². The van der Waals surface area contributed by atoms with Gasteiger partial charge in [0.25, 0.3) is 0 Å². The molecule has 0 aromatic carbocycles. The molecule has 0 bridgehead atoms. The zero-order chi connectivity index (χ0) is 19.1. The van der Waals surface area contributed by atoms with Crippen molar-refractivity contribution in [1.29, 1.82) is 0 Å². The first-order chi connectivity index (χ1) is 13.1. The molecule has 0 radical (unpaired) electrons. The molecule has 1 saturated carbocycles. The second-order valence-electron chi connectivity index (χ2n) is 7.81. The van der Waals surface area contributed by atoms with Gasteiger partial charge in [-0.1, -0.05) is 0 Å². The van der Waals surface area contributed by atoms with Gasteiger partial charge in [-0.2, -0.15) is 0 Å². The summed E-state index contributed by atoms with van der Waals surface area (Å²) in [5, 5.41) is 19.6. The van der Waals surface area contributed by atoms with Crippen molar-refractivity contribution in [3.05, 3.63) is 0 Å². The largest absolute Gasteiger partial charge is 0.373 e. The summed E-state index contributed by atoms with van der Waals surface area (Å²) in [6, 6.07) is 0.300. The average Bonchev–Trinajstić information content (AvgIpc) is 2.64. The first kappa shape index (κ1) is 20.8. The Labute approximate surface area is 162 Å². The van der Waals surface area contributed by atoms with E-state index >= 15 is 0 Å². The third kappa shape index (κ3) is 6.55. The minimum Gasteiger partial charge on any atom is -0.373 e. The van der Waals surface area contributed by atoms with E-state index in [0.717, 1.165) is 45.2 Å². The highest BCUT2D eigenvalue weighted by Gasteiger charge is 2.35. The zero-order valence-corrected chi connectivity index (χ0v) is 16.6. The molecule has 6 N–H and O–H groups in total. The van der Waals surface area contributed by atoms with Crippen molar-refractivity contribution in [2.45, 2.75) is 75.8 Å². The van der Waals surface area contributed by atoms with Crippen molar-refractivity contribution in [2.75, 3.05) is 33.4 Å². The Balaban J connectivity index is 1.39. The number of nitrogens with one attached hydrogen (secondary N) is 6. The van der Waals surface area contributed by atoms with Gasteiger partial charge in [0.05, 0.1) is 31.6 Å². The van der Waals surface area contributed by atoms with Gasteiger partial charge in [-0.15, -0.1) is 0 Å². The average molecular weight is 385 g/mol. The summed E-state index contributed by atoms with van der Waals surface area (Å²) >= 11 is 0. The number of carbonyl (C=O) groups excluding carboxylic acids is 1. The minimum atomic E-state index is -0.249. The highest BCUT2D eigenvalue weighted by atomic mass is 16.6. The quantitative estimate of drug-likeness (QED) is 0.326. The van der Waals surface area contributed by atoms with Crippen molar-refractivity contribution in [1.82, 2.24) is 31.9 Å². The maximum Gasteiger partial charge on any atom is 0.317 e. The van der Waals surface area contributed by atoms with E-state index in [1.54, 1.807) is 0 Å². The van der Waals surface area contributed by atoms with E-state index in [-0.39, 0.29) is 36.7 Å². The second kappa shape index (κ2) is 10.5. The molecule has 1 aliphatic carbocycles. The van der Waals surface area contributed by atoms with E-state index in [2.05, 4.69) is 38.8 Å². The SMILES string of the molecule is CNCCCNC1CC(C)NC(NC(=O)NC2CCC3OCCOC3C2)N1. The van der Waals surface area contributed by atoms with Gasteiger partial charge in [-0.3, -0.25) is 10.6 Å². The van der Waals surface area contributed by atoms with Gasteiger partial charge in [0.1, 0.15) is 6.29 Å². The van der Waals surface area contributed by atoms with Gasteiger partial charge in [-0.25, -0.2) is 4.79 Å².